The smallest absolute Gasteiger partial charge is 0.297 e. The van der Waals surface area contributed by atoms with Crippen LogP contribution in [-0.4, -0.2) is 24.6 Å². The van der Waals surface area contributed by atoms with Gasteiger partial charge in [-0.15, -0.1) is 0 Å². The number of nitrogens with zero attached hydrogens (tertiary/aromatic N) is 2. The molecule has 0 saturated heterocycles. The predicted molar refractivity (Wildman–Crippen MR) is 139 cm³/mol. The van der Waals surface area contributed by atoms with Crippen LogP contribution in [0.15, 0.2) is 69.9 Å². The molecule has 0 saturated carbocycles. The molecule has 2 aromatic heterocycles. The third kappa shape index (κ3) is 3.74. The SMILES string of the molecule is CCCOc1ccc(C2c3c(oc4ccccc4c3=O)C(=O)N2c2nc3ccc(F)cc3s2)cc1OC. The molecule has 3 aromatic carbocycles. The van der Waals surface area contributed by atoms with Gasteiger partial charge in [0, 0.05) is 0 Å². The van der Waals surface area contributed by atoms with Crippen LogP contribution < -0.4 is 19.8 Å². The highest BCUT2D eigenvalue weighted by molar-refractivity contribution is 7.22. The number of anilines is 1. The quantitative estimate of drug-likeness (QED) is 0.272. The Morgan fingerprint density at radius 2 is 1.92 bits per heavy atom. The molecule has 7 nitrogen and oxygen atoms in total. The van der Waals surface area contributed by atoms with Crippen LogP contribution in [0, 0.1) is 5.82 Å². The lowest BCUT2D eigenvalue weighted by molar-refractivity contribution is 0.0971. The summed E-state index contributed by atoms with van der Waals surface area (Å²) in [6.45, 7) is 2.53. The van der Waals surface area contributed by atoms with Gasteiger partial charge in [0.15, 0.2) is 22.1 Å². The van der Waals surface area contributed by atoms with Gasteiger partial charge in [-0.2, -0.15) is 0 Å². The van der Waals surface area contributed by atoms with E-state index >= 15 is 0 Å². The third-order valence-corrected chi connectivity index (χ3v) is 7.31. The largest absolute Gasteiger partial charge is 0.493 e. The number of carbonyl (C=O) groups excluding carboxylic acids is 1. The lowest BCUT2D eigenvalue weighted by Gasteiger charge is -2.23. The van der Waals surface area contributed by atoms with Crippen LogP contribution in [0.2, 0.25) is 0 Å². The summed E-state index contributed by atoms with van der Waals surface area (Å²) in [5.41, 5.74) is 1.43. The zero-order valence-corrected chi connectivity index (χ0v) is 20.8. The average molecular weight is 517 g/mol. The second-order valence-corrected chi connectivity index (χ2v) is 9.62. The molecule has 0 fully saturated rings. The first kappa shape index (κ1) is 23.2. The molecule has 1 aliphatic rings. The summed E-state index contributed by atoms with van der Waals surface area (Å²) in [7, 11) is 1.54. The number of halogens is 1. The maximum atomic E-state index is 13.9. The minimum absolute atomic E-state index is 0.0376. The summed E-state index contributed by atoms with van der Waals surface area (Å²) in [5.74, 6) is 0.108. The van der Waals surface area contributed by atoms with Crippen molar-refractivity contribution in [2.75, 3.05) is 18.6 Å². The fourth-order valence-electron chi connectivity index (χ4n) is 4.61. The first-order valence-electron chi connectivity index (χ1n) is 11.8. The van der Waals surface area contributed by atoms with Crippen LogP contribution in [-0.2, 0) is 0 Å². The van der Waals surface area contributed by atoms with Crippen LogP contribution in [0.1, 0.15) is 41.1 Å². The van der Waals surface area contributed by atoms with Crippen molar-refractivity contribution in [1.29, 1.82) is 0 Å². The molecular weight excluding hydrogens is 495 g/mol. The Morgan fingerprint density at radius 3 is 2.73 bits per heavy atom. The van der Waals surface area contributed by atoms with E-state index in [-0.39, 0.29) is 16.8 Å². The number of hydrogen-bond donors (Lipinski definition) is 0. The molecule has 1 aliphatic heterocycles. The number of amides is 1. The van der Waals surface area contributed by atoms with E-state index in [1.165, 1.54) is 35.5 Å². The standard InChI is InChI=1S/C28H21FN2O5S/c1-3-12-35-20-11-8-15(13-21(20)34-2)24-23-25(32)17-6-4-5-7-19(17)36-26(23)27(33)31(24)28-30-18-10-9-16(29)14-22(18)37-28/h4-11,13-14,24H,3,12H2,1-2H3. The van der Waals surface area contributed by atoms with Crippen molar-refractivity contribution < 1.29 is 23.1 Å². The Balaban J connectivity index is 1.59. The predicted octanol–water partition coefficient (Wildman–Crippen LogP) is 6.09. The van der Waals surface area contributed by atoms with Gasteiger partial charge < -0.3 is 13.9 Å². The van der Waals surface area contributed by atoms with Crippen molar-refractivity contribution in [1.82, 2.24) is 4.98 Å². The van der Waals surface area contributed by atoms with Crippen molar-refractivity contribution >= 4 is 43.6 Å². The van der Waals surface area contributed by atoms with Gasteiger partial charge in [-0.05, 0) is 54.4 Å². The first-order chi connectivity index (χ1) is 18.0. The number of aromatic nitrogens is 1. The maximum Gasteiger partial charge on any atom is 0.297 e. The molecule has 1 atom stereocenters. The summed E-state index contributed by atoms with van der Waals surface area (Å²) >= 11 is 1.17. The molecule has 0 spiro atoms. The minimum Gasteiger partial charge on any atom is -0.493 e. The van der Waals surface area contributed by atoms with Crippen LogP contribution in [0.25, 0.3) is 21.2 Å². The number of methoxy groups -OCH3 is 1. The van der Waals surface area contributed by atoms with Gasteiger partial charge in [0.2, 0.25) is 5.76 Å². The number of ether oxygens (including phenoxy) is 2. The summed E-state index contributed by atoms with van der Waals surface area (Å²) in [5, 5.41) is 0.706. The number of para-hydroxylation sites is 1. The Morgan fingerprint density at radius 1 is 1.08 bits per heavy atom. The molecule has 1 amide bonds. The topological polar surface area (TPSA) is 81.9 Å². The van der Waals surface area contributed by atoms with Crippen LogP contribution in [0.3, 0.4) is 0 Å². The zero-order valence-electron chi connectivity index (χ0n) is 20.0. The molecule has 1 unspecified atom stereocenters. The van der Waals surface area contributed by atoms with E-state index in [1.807, 2.05) is 6.92 Å². The van der Waals surface area contributed by atoms with Gasteiger partial charge in [0.1, 0.15) is 11.4 Å². The maximum absolute atomic E-state index is 13.9. The van der Waals surface area contributed by atoms with E-state index in [4.69, 9.17) is 13.9 Å². The van der Waals surface area contributed by atoms with Crippen molar-refractivity contribution in [3.63, 3.8) is 0 Å². The van der Waals surface area contributed by atoms with Crippen molar-refractivity contribution in [3.8, 4) is 11.5 Å². The molecular formula is C28H21FN2O5S. The summed E-state index contributed by atoms with van der Waals surface area (Å²) in [6.07, 6.45) is 0.829. The Labute approximate surface area is 214 Å². The van der Waals surface area contributed by atoms with E-state index in [9.17, 15) is 14.0 Å². The summed E-state index contributed by atoms with van der Waals surface area (Å²) in [4.78, 5) is 33.6. The van der Waals surface area contributed by atoms with Crippen molar-refractivity contribution in [2.45, 2.75) is 19.4 Å². The molecule has 3 heterocycles. The highest BCUT2D eigenvalue weighted by Gasteiger charge is 2.45. The lowest BCUT2D eigenvalue weighted by Crippen LogP contribution is -2.29. The molecule has 37 heavy (non-hydrogen) atoms. The van der Waals surface area contributed by atoms with Crippen LogP contribution in [0.4, 0.5) is 9.52 Å². The average Bonchev–Trinajstić information content (AvgIpc) is 3.45. The molecule has 0 aliphatic carbocycles. The second kappa shape index (κ2) is 9.01. The fraction of sp³-hybridized carbons (Fsp3) is 0.179. The molecule has 9 heteroatoms. The van der Waals surface area contributed by atoms with E-state index < -0.39 is 17.8 Å². The number of benzene rings is 3. The van der Waals surface area contributed by atoms with Gasteiger partial charge in [-0.25, -0.2) is 9.37 Å². The first-order valence-corrected chi connectivity index (χ1v) is 12.6. The number of rotatable bonds is 6. The fourth-order valence-corrected chi connectivity index (χ4v) is 5.62. The number of thiazole rings is 1. The van der Waals surface area contributed by atoms with Crippen molar-refractivity contribution in [2.24, 2.45) is 0 Å². The summed E-state index contributed by atoms with van der Waals surface area (Å²) < 4.78 is 31.9. The van der Waals surface area contributed by atoms with E-state index in [0.29, 0.717) is 50.0 Å². The van der Waals surface area contributed by atoms with Crippen molar-refractivity contribution in [3.05, 3.63) is 93.6 Å². The monoisotopic (exact) mass is 516 g/mol. The molecule has 186 valence electrons. The molecule has 0 N–H and O–H groups in total. The Hall–Kier alpha value is -4.24. The van der Waals surface area contributed by atoms with Crippen LogP contribution >= 0.6 is 11.3 Å². The number of carbonyl (C=O) groups is 1. The van der Waals surface area contributed by atoms with Gasteiger partial charge in [0.25, 0.3) is 5.91 Å². The second-order valence-electron chi connectivity index (χ2n) is 8.62. The minimum atomic E-state index is -0.831. The normalized spacial score (nSPS) is 14.9. The highest BCUT2D eigenvalue weighted by atomic mass is 32.1. The third-order valence-electron chi connectivity index (χ3n) is 6.29. The van der Waals surface area contributed by atoms with E-state index in [2.05, 4.69) is 4.98 Å². The van der Waals surface area contributed by atoms with Gasteiger partial charge in [-0.1, -0.05) is 36.5 Å². The van der Waals surface area contributed by atoms with E-state index in [0.717, 1.165) is 6.42 Å². The number of hydrogen-bond acceptors (Lipinski definition) is 7. The van der Waals surface area contributed by atoms with Gasteiger partial charge >= 0.3 is 0 Å². The molecule has 0 radical (unpaired) electrons. The molecule has 5 aromatic rings. The zero-order chi connectivity index (χ0) is 25.7. The van der Waals surface area contributed by atoms with Gasteiger partial charge in [0.05, 0.1) is 40.9 Å². The number of fused-ring (bicyclic) bond motifs is 3. The molecule has 6 rings (SSSR count). The highest BCUT2D eigenvalue weighted by Crippen LogP contribution is 2.45. The Kier molecular flexibility index (Phi) is 5.64. The van der Waals surface area contributed by atoms with Crippen LogP contribution in [0.5, 0.6) is 11.5 Å². The van der Waals surface area contributed by atoms with Gasteiger partial charge in [-0.3, -0.25) is 14.5 Å². The Bertz CT molecular complexity index is 1740. The van der Waals surface area contributed by atoms with E-state index in [1.54, 1.807) is 48.5 Å². The summed E-state index contributed by atoms with van der Waals surface area (Å²) in [6, 6.07) is 15.6. The lowest BCUT2D eigenvalue weighted by atomic mass is 9.98. The molecule has 0 bridgehead atoms.